The van der Waals surface area contributed by atoms with E-state index >= 15 is 0 Å². The molecule has 0 unspecified atom stereocenters. The predicted molar refractivity (Wildman–Crippen MR) is 104 cm³/mol. The van der Waals surface area contributed by atoms with Gasteiger partial charge in [0.05, 0.1) is 0 Å². The fourth-order valence-electron chi connectivity index (χ4n) is 3.28. The van der Waals surface area contributed by atoms with Crippen LogP contribution in [0.15, 0.2) is 48.7 Å². The largest absolute Gasteiger partial charge is 0.361 e. The number of hydrogen-bond donors (Lipinski definition) is 2. The van der Waals surface area contributed by atoms with E-state index in [9.17, 15) is 9.18 Å². The van der Waals surface area contributed by atoms with Crippen molar-refractivity contribution in [3.8, 4) is 0 Å². The van der Waals surface area contributed by atoms with E-state index in [1.54, 1.807) is 6.07 Å². The number of para-hydroxylation sites is 1. The topological polar surface area (TPSA) is 44.9 Å². The van der Waals surface area contributed by atoms with Gasteiger partial charge in [-0.15, -0.1) is 0 Å². The number of amides is 1. The quantitative estimate of drug-likeness (QED) is 0.650. The Bertz CT molecular complexity index is 913. The van der Waals surface area contributed by atoms with E-state index in [1.807, 2.05) is 43.5 Å². The van der Waals surface area contributed by atoms with Crippen LogP contribution in [0.5, 0.6) is 0 Å². The molecule has 2 N–H and O–H groups in total. The number of aryl methyl sites for hydroxylation is 1. The molecule has 0 saturated carbocycles. The van der Waals surface area contributed by atoms with Gasteiger partial charge >= 0.3 is 0 Å². The first-order valence-electron chi connectivity index (χ1n) is 9.04. The molecule has 1 amide bonds. The molecule has 1 heterocycles. The molecule has 3 aromatic rings. The van der Waals surface area contributed by atoms with E-state index in [-0.39, 0.29) is 24.1 Å². The van der Waals surface area contributed by atoms with Crippen LogP contribution in [0.4, 0.5) is 4.39 Å². The van der Waals surface area contributed by atoms with Crippen LogP contribution < -0.4 is 5.32 Å². The first kappa shape index (κ1) is 18.2. The molecular weight excluding hydrogens is 327 g/mol. The van der Waals surface area contributed by atoms with Gasteiger partial charge in [0, 0.05) is 36.0 Å². The number of aromatic nitrogens is 1. The monoisotopic (exact) mass is 352 g/mol. The number of hydrogen-bond acceptors (Lipinski definition) is 1. The SMILES string of the molecule is Cc1ccc(F)c([C@H](CC(=O)NCC(C)C)c2c[nH]c3ccccc23)c1. The summed E-state index contributed by atoms with van der Waals surface area (Å²) in [5.74, 6) is -0.295. The second-order valence-corrected chi connectivity index (χ2v) is 7.27. The fraction of sp³-hybridized carbons (Fsp3) is 0.318. The Morgan fingerprint density at radius 2 is 1.92 bits per heavy atom. The molecular formula is C22H25FN2O. The lowest BCUT2D eigenvalue weighted by molar-refractivity contribution is -0.121. The van der Waals surface area contributed by atoms with Crippen molar-refractivity contribution in [1.29, 1.82) is 0 Å². The van der Waals surface area contributed by atoms with Crippen LogP contribution in [0.1, 0.15) is 42.9 Å². The van der Waals surface area contributed by atoms with Crippen molar-refractivity contribution in [2.75, 3.05) is 6.54 Å². The molecule has 1 aromatic heterocycles. The lowest BCUT2D eigenvalue weighted by Gasteiger charge is -2.19. The van der Waals surface area contributed by atoms with Crippen molar-refractivity contribution in [2.45, 2.75) is 33.1 Å². The Kier molecular flexibility index (Phi) is 5.40. The summed E-state index contributed by atoms with van der Waals surface area (Å²) in [4.78, 5) is 15.8. The number of nitrogens with one attached hydrogen (secondary N) is 2. The van der Waals surface area contributed by atoms with Gasteiger partial charge in [0.1, 0.15) is 5.82 Å². The van der Waals surface area contributed by atoms with Gasteiger partial charge in [-0.1, -0.05) is 49.7 Å². The van der Waals surface area contributed by atoms with Gasteiger partial charge in [0.25, 0.3) is 0 Å². The summed E-state index contributed by atoms with van der Waals surface area (Å²) in [5.41, 5.74) is 3.48. The van der Waals surface area contributed by atoms with E-state index < -0.39 is 0 Å². The van der Waals surface area contributed by atoms with E-state index in [0.29, 0.717) is 18.0 Å². The number of H-pyrrole nitrogens is 1. The maximum atomic E-state index is 14.6. The third kappa shape index (κ3) is 3.96. The van der Waals surface area contributed by atoms with Gasteiger partial charge in [-0.3, -0.25) is 4.79 Å². The van der Waals surface area contributed by atoms with Crippen LogP contribution in [0, 0.1) is 18.7 Å². The first-order valence-corrected chi connectivity index (χ1v) is 9.04. The van der Waals surface area contributed by atoms with E-state index in [1.165, 1.54) is 6.07 Å². The van der Waals surface area contributed by atoms with Crippen molar-refractivity contribution < 1.29 is 9.18 Å². The summed E-state index contributed by atoms with van der Waals surface area (Å²) in [7, 11) is 0. The molecule has 0 saturated heterocycles. The number of benzene rings is 2. The smallest absolute Gasteiger partial charge is 0.220 e. The molecule has 136 valence electrons. The standard InChI is InChI=1S/C22H25FN2O/c1-14(2)12-25-22(26)11-17(18-10-15(3)8-9-20(18)23)19-13-24-21-7-5-4-6-16(19)21/h4-10,13-14,17,24H,11-12H2,1-3H3,(H,25,26)/t17-/m0/s1. The summed E-state index contributed by atoms with van der Waals surface area (Å²) in [6.45, 7) is 6.67. The zero-order chi connectivity index (χ0) is 18.7. The molecule has 0 radical (unpaired) electrons. The minimum absolute atomic E-state index is 0.0603. The van der Waals surface area contributed by atoms with Crippen LogP contribution >= 0.6 is 0 Å². The molecule has 0 aliphatic carbocycles. The molecule has 3 nitrogen and oxygen atoms in total. The van der Waals surface area contributed by atoms with Crippen LogP contribution in [0.3, 0.4) is 0 Å². The summed E-state index contributed by atoms with van der Waals surface area (Å²) >= 11 is 0. The molecule has 0 spiro atoms. The minimum atomic E-state index is -0.335. The minimum Gasteiger partial charge on any atom is -0.361 e. The van der Waals surface area contributed by atoms with Crippen LogP contribution in [-0.2, 0) is 4.79 Å². The Labute approximate surface area is 153 Å². The number of rotatable bonds is 6. The van der Waals surface area contributed by atoms with Gasteiger partial charge in [0.2, 0.25) is 5.91 Å². The number of halogens is 1. The lowest BCUT2D eigenvalue weighted by Crippen LogP contribution is -2.29. The van der Waals surface area contributed by atoms with Crippen LogP contribution in [0.25, 0.3) is 10.9 Å². The highest BCUT2D eigenvalue weighted by Crippen LogP contribution is 2.35. The van der Waals surface area contributed by atoms with Gasteiger partial charge in [-0.25, -0.2) is 4.39 Å². The second-order valence-electron chi connectivity index (χ2n) is 7.27. The molecule has 0 bridgehead atoms. The highest BCUT2D eigenvalue weighted by molar-refractivity contribution is 5.86. The van der Waals surface area contributed by atoms with Crippen molar-refractivity contribution in [3.05, 3.63) is 71.2 Å². The number of carbonyl (C=O) groups is 1. The summed E-state index contributed by atoms with van der Waals surface area (Å²) < 4.78 is 14.6. The Morgan fingerprint density at radius 3 is 2.69 bits per heavy atom. The number of fused-ring (bicyclic) bond motifs is 1. The van der Waals surface area contributed by atoms with Gasteiger partial charge < -0.3 is 10.3 Å². The average molecular weight is 352 g/mol. The van der Waals surface area contributed by atoms with Gasteiger partial charge in [-0.2, -0.15) is 0 Å². The Hall–Kier alpha value is -2.62. The Morgan fingerprint density at radius 1 is 1.15 bits per heavy atom. The van der Waals surface area contributed by atoms with Gasteiger partial charge in [-0.05, 0) is 36.1 Å². The Balaban J connectivity index is 2.01. The maximum Gasteiger partial charge on any atom is 0.220 e. The molecule has 3 rings (SSSR count). The highest BCUT2D eigenvalue weighted by Gasteiger charge is 2.24. The third-order valence-electron chi connectivity index (χ3n) is 4.62. The van der Waals surface area contributed by atoms with Crippen LogP contribution in [0.2, 0.25) is 0 Å². The summed E-state index contributed by atoms with van der Waals surface area (Å²) in [6, 6.07) is 13.0. The summed E-state index contributed by atoms with van der Waals surface area (Å²) in [6.07, 6.45) is 2.11. The van der Waals surface area contributed by atoms with Gasteiger partial charge in [0.15, 0.2) is 0 Å². The number of aromatic amines is 1. The molecule has 1 atom stereocenters. The fourth-order valence-corrected chi connectivity index (χ4v) is 3.28. The second kappa shape index (κ2) is 7.73. The predicted octanol–water partition coefficient (Wildman–Crippen LogP) is 4.91. The number of carbonyl (C=O) groups excluding carboxylic acids is 1. The van der Waals surface area contributed by atoms with Crippen molar-refractivity contribution in [2.24, 2.45) is 5.92 Å². The first-order chi connectivity index (χ1) is 12.5. The van der Waals surface area contributed by atoms with E-state index in [4.69, 9.17) is 0 Å². The zero-order valence-corrected chi connectivity index (χ0v) is 15.5. The molecule has 2 aromatic carbocycles. The highest BCUT2D eigenvalue weighted by atomic mass is 19.1. The normalized spacial score (nSPS) is 12.5. The molecule has 4 heteroatoms. The molecule has 0 aliphatic rings. The van der Waals surface area contributed by atoms with Crippen molar-refractivity contribution >= 4 is 16.8 Å². The molecule has 0 fully saturated rings. The van der Waals surface area contributed by atoms with Crippen molar-refractivity contribution in [1.82, 2.24) is 10.3 Å². The molecule has 26 heavy (non-hydrogen) atoms. The van der Waals surface area contributed by atoms with Crippen LogP contribution in [-0.4, -0.2) is 17.4 Å². The lowest BCUT2D eigenvalue weighted by atomic mass is 9.87. The van der Waals surface area contributed by atoms with Crippen molar-refractivity contribution in [3.63, 3.8) is 0 Å². The summed E-state index contributed by atoms with van der Waals surface area (Å²) in [5, 5.41) is 3.98. The molecule has 0 aliphatic heterocycles. The van der Waals surface area contributed by atoms with E-state index in [0.717, 1.165) is 22.0 Å². The third-order valence-corrected chi connectivity index (χ3v) is 4.62. The maximum absolute atomic E-state index is 14.6. The average Bonchev–Trinajstić information content (AvgIpc) is 3.04. The van der Waals surface area contributed by atoms with E-state index in [2.05, 4.69) is 24.1 Å². The zero-order valence-electron chi connectivity index (χ0n) is 15.5.